The van der Waals surface area contributed by atoms with Gasteiger partial charge in [0.15, 0.2) is 11.5 Å². The second-order valence-corrected chi connectivity index (χ2v) is 5.29. The minimum absolute atomic E-state index is 0.144. The van der Waals surface area contributed by atoms with E-state index in [1.807, 2.05) is 0 Å². The van der Waals surface area contributed by atoms with Crippen LogP contribution in [0.3, 0.4) is 0 Å². The summed E-state index contributed by atoms with van der Waals surface area (Å²) in [6, 6.07) is 7.06. The summed E-state index contributed by atoms with van der Waals surface area (Å²) in [7, 11) is 3.09. The standard InChI is InChI=1S/C16H19N5O3/c1-23-13-6-3-5-12(14(13)24-2)20-16(22)21-9-11(10-21)19-15-17-7-4-8-18-15/h3-8,11H,9-10H2,1-2H3,(H,20,22)(H,17,18,19). The average molecular weight is 329 g/mol. The van der Waals surface area contributed by atoms with Gasteiger partial charge in [-0.3, -0.25) is 0 Å². The van der Waals surface area contributed by atoms with Gasteiger partial charge in [-0.25, -0.2) is 14.8 Å². The van der Waals surface area contributed by atoms with Crippen LogP contribution in [0.1, 0.15) is 0 Å². The van der Waals surface area contributed by atoms with E-state index in [9.17, 15) is 4.79 Å². The smallest absolute Gasteiger partial charge is 0.322 e. The molecular formula is C16H19N5O3. The first kappa shape index (κ1) is 15.9. The lowest BCUT2D eigenvalue weighted by molar-refractivity contribution is 0.171. The Hall–Kier alpha value is -3.03. The maximum atomic E-state index is 12.3. The maximum Gasteiger partial charge on any atom is 0.322 e. The summed E-state index contributed by atoms with van der Waals surface area (Å²) in [5, 5.41) is 6.02. The molecule has 1 aliphatic heterocycles. The van der Waals surface area contributed by atoms with Gasteiger partial charge in [-0.05, 0) is 18.2 Å². The molecule has 2 amide bonds. The number of nitrogens with one attached hydrogen (secondary N) is 2. The van der Waals surface area contributed by atoms with Crippen molar-refractivity contribution in [3.05, 3.63) is 36.7 Å². The zero-order valence-corrected chi connectivity index (χ0v) is 13.5. The Morgan fingerprint density at radius 2 is 1.92 bits per heavy atom. The van der Waals surface area contributed by atoms with Gasteiger partial charge in [0.05, 0.1) is 25.9 Å². The van der Waals surface area contributed by atoms with Crippen LogP contribution < -0.4 is 20.1 Å². The fourth-order valence-electron chi connectivity index (χ4n) is 2.47. The van der Waals surface area contributed by atoms with Crippen LogP contribution in [0.15, 0.2) is 36.7 Å². The monoisotopic (exact) mass is 329 g/mol. The number of hydrogen-bond donors (Lipinski definition) is 2. The van der Waals surface area contributed by atoms with E-state index >= 15 is 0 Å². The number of ether oxygens (including phenoxy) is 2. The van der Waals surface area contributed by atoms with Crippen LogP contribution in [-0.2, 0) is 0 Å². The van der Waals surface area contributed by atoms with Crippen molar-refractivity contribution in [1.82, 2.24) is 14.9 Å². The van der Waals surface area contributed by atoms with Gasteiger partial charge in [0.1, 0.15) is 0 Å². The molecule has 0 radical (unpaired) electrons. The highest BCUT2D eigenvalue weighted by atomic mass is 16.5. The van der Waals surface area contributed by atoms with Crippen molar-refractivity contribution in [2.75, 3.05) is 37.9 Å². The normalized spacial score (nSPS) is 13.8. The summed E-state index contributed by atoms with van der Waals surface area (Å²) >= 11 is 0. The summed E-state index contributed by atoms with van der Waals surface area (Å²) in [5.41, 5.74) is 0.574. The number of aromatic nitrogens is 2. The van der Waals surface area contributed by atoms with Crippen molar-refractivity contribution in [2.45, 2.75) is 6.04 Å². The number of likely N-dealkylation sites (tertiary alicyclic amines) is 1. The molecule has 1 aromatic heterocycles. The van der Waals surface area contributed by atoms with E-state index < -0.39 is 0 Å². The molecule has 0 unspecified atom stereocenters. The van der Waals surface area contributed by atoms with Crippen LogP contribution >= 0.6 is 0 Å². The number of hydrogen-bond acceptors (Lipinski definition) is 6. The van der Waals surface area contributed by atoms with Crippen LogP contribution in [0.25, 0.3) is 0 Å². The van der Waals surface area contributed by atoms with Gasteiger partial charge in [-0.15, -0.1) is 0 Å². The molecule has 1 aliphatic rings. The zero-order chi connectivity index (χ0) is 16.9. The van der Waals surface area contributed by atoms with E-state index in [4.69, 9.17) is 9.47 Å². The van der Waals surface area contributed by atoms with Gasteiger partial charge in [0.25, 0.3) is 0 Å². The van der Waals surface area contributed by atoms with Gasteiger partial charge in [0, 0.05) is 25.5 Å². The lowest BCUT2D eigenvalue weighted by Crippen LogP contribution is -2.58. The number of urea groups is 1. The molecule has 3 rings (SSSR count). The Bertz CT molecular complexity index is 704. The number of para-hydroxylation sites is 1. The molecule has 2 aromatic rings. The van der Waals surface area contributed by atoms with Crippen LogP contribution in [-0.4, -0.2) is 54.2 Å². The number of rotatable bonds is 5. The Morgan fingerprint density at radius 3 is 2.58 bits per heavy atom. The van der Waals surface area contributed by atoms with Crippen molar-refractivity contribution in [3.8, 4) is 11.5 Å². The summed E-state index contributed by atoms with van der Waals surface area (Å²) < 4.78 is 10.5. The van der Waals surface area contributed by atoms with Crippen LogP contribution in [0, 0.1) is 0 Å². The van der Waals surface area contributed by atoms with Gasteiger partial charge in [-0.1, -0.05) is 6.07 Å². The molecule has 0 spiro atoms. The predicted molar refractivity (Wildman–Crippen MR) is 89.6 cm³/mol. The number of amides is 2. The molecular weight excluding hydrogens is 310 g/mol. The van der Waals surface area contributed by atoms with E-state index in [1.54, 1.807) is 48.7 Å². The third-order valence-electron chi connectivity index (χ3n) is 3.71. The molecule has 24 heavy (non-hydrogen) atoms. The molecule has 126 valence electrons. The van der Waals surface area contributed by atoms with E-state index in [0.717, 1.165) is 0 Å². The van der Waals surface area contributed by atoms with E-state index in [1.165, 1.54) is 7.11 Å². The number of anilines is 2. The number of benzene rings is 1. The highest BCUT2D eigenvalue weighted by Gasteiger charge is 2.31. The third-order valence-corrected chi connectivity index (χ3v) is 3.71. The van der Waals surface area contributed by atoms with E-state index in [-0.39, 0.29) is 12.1 Å². The number of nitrogens with zero attached hydrogens (tertiary/aromatic N) is 3. The fraction of sp³-hybridized carbons (Fsp3) is 0.312. The molecule has 0 saturated carbocycles. The Kier molecular flexibility index (Phi) is 4.64. The summed E-state index contributed by atoms with van der Waals surface area (Å²) in [4.78, 5) is 22.2. The Balaban J connectivity index is 1.56. The average Bonchev–Trinajstić information content (AvgIpc) is 2.58. The second kappa shape index (κ2) is 7.03. The molecule has 8 heteroatoms. The van der Waals surface area contributed by atoms with Gasteiger partial charge in [-0.2, -0.15) is 0 Å². The van der Waals surface area contributed by atoms with Crippen molar-refractivity contribution >= 4 is 17.7 Å². The van der Waals surface area contributed by atoms with Crippen molar-refractivity contribution in [2.24, 2.45) is 0 Å². The predicted octanol–water partition coefficient (Wildman–Crippen LogP) is 1.82. The number of methoxy groups -OCH3 is 2. The molecule has 0 atom stereocenters. The quantitative estimate of drug-likeness (QED) is 0.870. The summed E-state index contributed by atoms with van der Waals surface area (Å²) in [6.45, 7) is 1.16. The first-order valence-electron chi connectivity index (χ1n) is 7.51. The van der Waals surface area contributed by atoms with Gasteiger partial charge < -0.3 is 25.0 Å². The highest BCUT2D eigenvalue weighted by Crippen LogP contribution is 2.35. The third kappa shape index (κ3) is 3.32. The van der Waals surface area contributed by atoms with Crippen LogP contribution in [0.2, 0.25) is 0 Å². The van der Waals surface area contributed by atoms with E-state index in [2.05, 4.69) is 20.6 Å². The topological polar surface area (TPSA) is 88.6 Å². The van der Waals surface area contributed by atoms with Crippen LogP contribution in [0.4, 0.5) is 16.4 Å². The van der Waals surface area contributed by atoms with Gasteiger partial charge in [0.2, 0.25) is 5.95 Å². The maximum absolute atomic E-state index is 12.3. The van der Waals surface area contributed by atoms with Crippen molar-refractivity contribution in [1.29, 1.82) is 0 Å². The fourth-order valence-corrected chi connectivity index (χ4v) is 2.47. The molecule has 0 aliphatic carbocycles. The molecule has 2 heterocycles. The Labute approximate surface area is 139 Å². The highest BCUT2D eigenvalue weighted by molar-refractivity contribution is 5.92. The van der Waals surface area contributed by atoms with Crippen LogP contribution in [0.5, 0.6) is 11.5 Å². The van der Waals surface area contributed by atoms with Gasteiger partial charge >= 0.3 is 6.03 Å². The molecule has 1 saturated heterocycles. The lowest BCUT2D eigenvalue weighted by atomic mass is 10.1. The molecule has 2 N–H and O–H groups in total. The molecule has 8 nitrogen and oxygen atoms in total. The minimum Gasteiger partial charge on any atom is -0.493 e. The first-order chi connectivity index (χ1) is 11.7. The molecule has 1 aromatic carbocycles. The molecule has 1 fully saturated rings. The zero-order valence-electron chi connectivity index (χ0n) is 13.5. The molecule has 0 bridgehead atoms. The van der Waals surface area contributed by atoms with Crippen molar-refractivity contribution < 1.29 is 14.3 Å². The summed E-state index contributed by atoms with van der Waals surface area (Å²) in [5.74, 6) is 1.64. The summed E-state index contributed by atoms with van der Waals surface area (Å²) in [6.07, 6.45) is 3.35. The number of carbonyl (C=O) groups is 1. The minimum atomic E-state index is -0.186. The van der Waals surface area contributed by atoms with Crippen molar-refractivity contribution in [3.63, 3.8) is 0 Å². The SMILES string of the molecule is COc1cccc(NC(=O)N2CC(Nc3ncccn3)C2)c1OC. The van der Waals surface area contributed by atoms with E-state index in [0.29, 0.717) is 36.2 Å². The first-order valence-corrected chi connectivity index (χ1v) is 7.51. The Morgan fingerprint density at radius 1 is 1.17 bits per heavy atom. The lowest BCUT2D eigenvalue weighted by Gasteiger charge is -2.39. The second-order valence-electron chi connectivity index (χ2n) is 5.29. The largest absolute Gasteiger partial charge is 0.493 e. The number of carbonyl (C=O) groups excluding carboxylic acids is 1.